The number of nitrogens with two attached hydrogens (primary N) is 1. The molecule has 2 fully saturated rings. The molecule has 4 heterocycles. The summed E-state index contributed by atoms with van der Waals surface area (Å²) in [5, 5.41) is 11.9. The van der Waals surface area contributed by atoms with Crippen LogP contribution >= 0.6 is 11.6 Å². The summed E-state index contributed by atoms with van der Waals surface area (Å²) in [6, 6.07) is 7.22. The van der Waals surface area contributed by atoms with E-state index >= 15 is 0 Å². The molecule has 1 saturated carbocycles. The van der Waals surface area contributed by atoms with Crippen molar-refractivity contribution >= 4 is 40.7 Å². The topological polar surface area (TPSA) is 144 Å². The van der Waals surface area contributed by atoms with Gasteiger partial charge in [-0.05, 0) is 61.5 Å². The summed E-state index contributed by atoms with van der Waals surface area (Å²) in [5.41, 5.74) is 8.58. The molecule has 3 aliphatic rings. The molecule has 2 aromatic heterocycles. The minimum absolute atomic E-state index is 0.0996. The van der Waals surface area contributed by atoms with Crippen molar-refractivity contribution in [1.29, 1.82) is 5.41 Å². The Morgan fingerprint density at radius 1 is 1.23 bits per heavy atom. The van der Waals surface area contributed by atoms with Gasteiger partial charge in [0.1, 0.15) is 11.2 Å². The maximum absolute atomic E-state index is 11.5. The van der Waals surface area contributed by atoms with E-state index in [4.69, 9.17) is 48.6 Å². The van der Waals surface area contributed by atoms with Crippen LogP contribution in [0.15, 0.2) is 60.5 Å². The molecule has 1 aliphatic carbocycles. The van der Waals surface area contributed by atoms with Crippen molar-refractivity contribution in [3.63, 3.8) is 0 Å². The number of carbonyl (C=O) groups excluding carboxylic acids is 1. The number of primary amides is 1. The number of anilines is 1. The summed E-state index contributed by atoms with van der Waals surface area (Å²) in [7, 11) is 0. The number of hydrogen-bond acceptors (Lipinski definition) is 9. The average Bonchev–Trinajstić information content (AvgIpc) is 3.39. The molecule has 3 aromatic rings. The van der Waals surface area contributed by atoms with E-state index in [-0.39, 0.29) is 11.9 Å². The molecule has 0 radical (unpaired) electrons. The lowest BCUT2D eigenvalue weighted by atomic mass is 9.82. The molecule has 6 rings (SSSR count). The Morgan fingerprint density at radius 2 is 2.02 bits per heavy atom. The lowest BCUT2D eigenvalue weighted by Gasteiger charge is -2.36. The molecule has 44 heavy (non-hydrogen) atoms. The first kappa shape index (κ1) is 29.4. The minimum Gasteiger partial charge on any atom is -0.388 e. The fraction of sp³-hybridized carbons (Fsp3) is 0.344. The molecule has 2 aliphatic heterocycles. The van der Waals surface area contributed by atoms with Crippen LogP contribution in [0.25, 0.3) is 22.4 Å². The predicted octanol–water partition coefficient (Wildman–Crippen LogP) is 4.77. The van der Waals surface area contributed by atoms with Crippen LogP contribution in [0.2, 0.25) is 5.02 Å². The van der Waals surface area contributed by atoms with Crippen molar-refractivity contribution in [1.82, 2.24) is 24.8 Å². The third-order valence-electron chi connectivity index (χ3n) is 8.16. The highest BCUT2D eigenvalue weighted by Crippen LogP contribution is 2.36. The number of ether oxygens (including phenoxy) is 2. The number of hydrogen-bond donors (Lipinski definition) is 3. The Labute approximate surface area is 260 Å². The Bertz CT molecular complexity index is 1700. The lowest BCUT2D eigenvalue weighted by molar-refractivity contribution is 0.104. The Balaban J connectivity index is 1.53. The molecular weight excluding hydrogens is 580 g/mol. The van der Waals surface area contributed by atoms with E-state index in [0.29, 0.717) is 65.6 Å². The molecule has 1 aromatic carbocycles. The maximum atomic E-state index is 11.5. The summed E-state index contributed by atoms with van der Waals surface area (Å²) in [6.45, 7) is 2.32. The van der Waals surface area contributed by atoms with Gasteiger partial charge < -0.3 is 30.0 Å². The molecule has 0 bridgehead atoms. The van der Waals surface area contributed by atoms with Crippen molar-refractivity contribution in [3.8, 4) is 23.6 Å². The Kier molecular flexibility index (Phi) is 8.63. The van der Waals surface area contributed by atoms with Gasteiger partial charge in [0.2, 0.25) is 11.8 Å². The molecule has 12 heteroatoms. The molecular formula is C32H33ClN8O3. The number of aromatic nitrogens is 4. The first-order valence-corrected chi connectivity index (χ1v) is 15.0. The third kappa shape index (κ3) is 6.32. The van der Waals surface area contributed by atoms with E-state index < -0.39 is 12.0 Å². The number of benzene rings is 1. The average molecular weight is 613 g/mol. The second kappa shape index (κ2) is 12.9. The number of nitrogens with one attached hydrogen (secondary N) is 2. The fourth-order valence-corrected chi connectivity index (χ4v) is 6.20. The second-order valence-electron chi connectivity index (χ2n) is 11.1. The molecule has 4 N–H and O–H groups in total. The largest absolute Gasteiger partial charge is 0.411 e. The van der Waals surface area contributed by atoms with Crippen LogP contribution in [0.4, 0.5) is 10.7 Å². The molecule has 1 unspecified atom stereocenters. The van der Waals surface area contributed by atoms with Gasteiger partial charge in [-0.1, -0.05) is 29.8 Å². The van der Waals surface area contributed by atoms with Crippen molar-refractivity contribution < 1.29 is 14.3 Å². The number of fused-ring (bicyclic) bond motifs is 1. The smallest absolute Gasteiger partial charge is 0.388 e. The van der Waals surface area contributed by atoms with Gasteiger partial charge in [-0.25, -0.2) is 14.8 Å². The number of dihydropyridines is 1. The second-order valence-corrected chi connectivity index (χ2v) is 11.5. The van der Waals surface area contributed by atoms with Crippen molar-refractivity contribution in [3.05, 3.63) is 71.3 Å². The van der Waals surface area contributed by atoms with Crippen molar-refractivity contribution in [2.75, 3.05) is 24.7 Å². The highest BCUT2D eigenvalue weighted by molar-refractivity contribution is 6.30. The number of rotatable bonds is 6. The normalized spacial score (nSPS) is 21.5. The number of imidazole rings is 1. The molecule has 11 nitrogen and oxygen atoms in total. The summed E-state index contributed by atoms with van der Waals surface area (Å²) in [5.74, 6) is 3.65. The maximum Gasteiger partial charge on any atom is 0.411 e. The number of nitrogens with zero attached hydrogens (tertiary/aromatic N) is 5. The standard InChI is InChI=1S/C32H33ClN8O3/c1-2-20-6-8-22(9-7-20)18-41-27-26(23-4-3-5-24(33)17-23)37-30(28(34)44-31(35)42)38-29(27)39-32(41)40-14-15-43-19-25(40)16-21-10-12-36-13-11-21/h1,3-5,10-13,16-17,20,22,25,34,36H,6-9,14-15,18-19H2,(H2,35,42). The van der Waals surface area contributed by atoms with E-state index in [1.165, 1.54) is 0 Å². The summed E-state index contributed by atoms with van der Waals surface area (Å²) < 4.78 is 13.0. The van der Waals surface area contributed by atoms with Crippen LogP contribution in [0, 0.1) is 29.6 Å². The van der Waals surface area contributed by atoms with Crippen LogP contribution in [0.5, 0.6) is 0 Å². The van der Waals surface area contributed by atoms with E-state index in [1.807, 2.05) is 36.7 Å². The quantitative estimate of drug-likeness (QED) is 0.205. The molecule has 1 atom stereocenters. The molecule has 0 spiro atoms. The van der Waals surface area contributed by atoms with Crippen molar-refractivity contribution in [2.24, 2.45) is 17.6 Å². The van der Waals surface area contributed by atoms with Gasteiger partial charge in [0, 0.05) is 42.0 Å². The van der Waals surface area contributed by atoms with Crippen LogP contribution in [0.3, 0.4) is 0 Å². The van der Waals surface area contributed by atoms with Crippen LogP contribution in [0.1, 0.15) is 31.5 Å². The van der Waals surface area contributed by atoms with Gasteiger partial charge in [-0.3, -0.25) is 5.41 Å². The molecule has 1 saturated heterocycles. The molecule has 226 valence electrons. The lowest BCUT2D eigenvalue weighted by Crippen LogP contribution is -2.46. The van der Waals surface area contributed by atoms with Gasteiger partial charge in [0.25, 0.3) is 5.90 Å². The van der Waals surface area contributed by atoms with E-state index in [0.717, 1.165) is 37.2 Å². The number of morpholine rings is 1. The zero-order chi connectivity index (χ0) is 30.6. The number of amides is 1. The summed E-state index contributed by atoms with van der Waals surface area (Å²) in [4.78, 5) is 28.1. The highest BCUT2D eigenvalue weighted by Gasteiger charge is 2.31. The Morgan fingerprint density at radius 3 is 2.75 bits per heavy atom. The van der Waals surface area contributed by atoms with E-state index in [1.54, 1.807) is 12.1 Å². The van der Waals surface area contributed by atoms with Crippen LogP contribution in [-0.4, -0.2) is 57.3 Å². The van der Waals surface area contributed by atoms with Crippen molar-refractivity contribution in [2.45, 2.75) is 38.3 Å². The number of carbonyl (C=O) groups is 1. The van der Waals surface area contributed by atoms with Gasteiger partial charge in [0.05, 0.1) is 19.3 Å². The zero-order valence-electron chi connectivity index (χ0n) is 24.1. The van der Waals surface area contributed by atoms with Gasteiger partial charge in [-0.2, -0.15) is 4.98 Å². The summed E-state index contributed by atoms with van der Waals surface area (Å²) in [6.07, 6.45) is 18.5. The number of terminal acetylenes is 1. The zero-order valence-corrected chi connectivity index (χ0v) is 24.8. The first-order valence-electron chi connectivity index (χ1n) is 14.6. The van der Waals surface area contributed by atoms with Gasteiger partial charge >= 0.3 is 6.09 Å². The minimum atomic E-state index is -1.12. The van der Waals surface area contributed by atoms with Crippen LogP contribution < -0.4 is 16.0 Å². The third-order valence-corrected chi connectivity index (χ3v) is 8.40. The Hall–Kier alpha value is -4.66. The highest BCUT2D eigenvalue weighted by atomic mass is 35.5. The monoisotopic (exact) mass is 612 g/mol. The fourth-order valence-electron chi connectivity index (χ4n) is 6.01. The predicted molar refractivity (Wildman–Crippen MR) is 169 cm³/mol. The van der Waals surface area contributed by atoms with Crippen LogP contribution in [-0.2, 0) is 16.0 Å². The SMILES string of the molecule is C#CC1CCC(Cn2c(N3CCOCC3C=C3C=CNC=C3)nc3nc(C(=N)OC(N)=O)nc(-c4cccc(Cl)c4)c32)CC1. The van der Waals surface area contributed by atoms with Gasteiger partial charge in [-0.15, -0.1) is 12.3 Å². The van der Waals surface area contributed by atoms with E-state index in [9.17, 15) is 4.79 Å². The summed E-state index contributed by atoms with van der Waals surface area (Å²) >= 11 is 6.42. The first-order chi connectivity index (χ1) is 21.4. The molecule has 1 amide bonds. The number of halogens is 1. The number of allylic oxidation sites excluding steroid dienone is 3. The van der Waals surface area contributed by atoms with Gasteiger partial charge in [0.15, 0.2) is 5.65 Å². The van der Waals surface area contributed by atoms with E-state index in [2.05, 4.69) is 31.8 Å².